The van der Waals surface area contributed by atoms with Crippen LogP contribution in [-0.4, -0.2) is 139 Å². The summed E-state index contributed by atoms with van der Waals surface area (Å²) in [7, 11) is 13.6. The SMILES string of the molecule is CN1[CH-]N(c2[c-]c(C3(c4[c-]c(N5[CH-]N(C)c6nccnc65)ccc4)c4ccccc4-c4ccccc43)ccc2)c2nccnc21.CN1[CH-]N(c2[c-]c(Oc3[c-]c(N4[CH-]N(C)c5nccnc54)ccc3)ccc2)c2cccnc21.CN1[CH-]N(c2[c-]c(Sc3[c-]c(N4[CH-]N(C)c5nccnc54)ccc3)ccc2)c2nccnc21.CN1[CH-]N(c2[c-]c([Si](C)(C)c3[c-]c(N4[CH-]N(C)c5nccnc54)ccc3)ccc2)c2nccnc21.[Pt+4].[Pt+4].[Pt+4].[Pt+4]. The van der Waals surface area contributed by atoms with E-state index >= 15 is 0 Å². The summed E-state index contributed by atoms with van der Waals surface area (Å²) in [6, 6.07) is 99.2. The van der Waals surface area contributed by atoms with Gasteiger partial charge in [-0.2, -0.15) is 151 Å². The molecular formula is C112H87N31OPt4SSi. The molecule has 0 radical (unpaired) electrons. The van der Waals surface area contributed by atoms with E-state index < -0.39 is 13.5 Å². The van der Waals surface area contributed by atoms with Crippen LogP contribution in [0.5, 0.6) is 11.5 Å². The summed E-state index contributed by atoms with van der Waals surface area (Å²) in [5, 5.41) is 2.39. The van der Waals surface area contributed by atoms with Crippen LogP contribution in [0.4, 0.5) is 138 Å². The zero-order valence-electron chi connectivity index (χ0n) is 81.9. The van der Waals surface area contributed by atoms with Crippen molar-refractivity contribution in [1.82, 2.24) is 74.8 Å². The van der Waals surface area contributed by atoms with Gasteiger partial charge >= 0.3 is 84.3 Å². The van der Waals surface area contributed by atoms with Crippen molar-refractivity contribution in [3.8, 4) is 22.6 Å². The Morgan fingerprint density at radius 2 is 0.480 bits per heavy atom. The van der Waals surface area contributed by atoms with Crippen LogP contribution in [0.3, 0.4) is 0 Å². The molecule has 0 unspecified atom stereocenters. The number of anilines is 24. The largest absolute Gasteiger partial charge is 4.00 e. The summed E-state index contributed by atoms with van der Waals surface area (Å²) < 4.78 is 6.14. The fraction of sp³-hybridized carbons (Fsp3) is 0.0982. The number of ether oxygens (including phenoxy) is 1. The summed E-state index contributed by atoms with van der Waals surface area (Å²) in [6.45, 7) is 20.5. The molecular weight excluding hydrogens is 2640 g/mol. The van der Waals surface area contributed by atoms with Crippen LogP contribution in [0.15, 0.2) is 309 Å². The summed E-state index contributed by atoms with van der Waals surface area (Å²) in [5.74, 6) is 13.3. The van der Waals surface area contributed by atoms with Gasteiger partial charge in [-0.25, -0.2) is 74.8 Å². The Morgan fingerprint density at radius 1 is 0.233 bits per heavy atom. The van der Waals surface area contributed by atoms with E-state index in [4.69, 9.17) is 4.74 Å². The molecule has 10 aromatic carbocycles. The second-order valence-electron chi connectivity index (χ2n) is 35.6. The van der Waals surface area contributed by atoms with Crippen molar-refractivity contribution in [3.63, 3.8) is 0 Å². The van der Waals surface area contributed by atoms with E-state index in [0.717, 1.165) is 159 Å². The maximum atomic E-state index is 6.14. The van der Waals surface area contributed by atoms with E-state index in [0.29, 0.717) is 11.5 Å². The van der Waals surface area contributed by atoms with Crippen molar-refractivity contribution < 1.29 is 89.0 Å². The molecule has 0 amide bonds. The summed E-state index contributed by atoms with van der Waals surface area (Å²) >= 11 is 1.61. The van der Waals surface area contributed by atoms with Gasteiger partial charge in [0.15, 0.2) is 0 Å². The molecule has 0 bridgehead atoms. The molecule has 16 heterocycles. The number of rotatable bonds is 16. The van der Waals surface area contributed by atoms with Crippen LogP contribution in [-0.2, 0) is 89.7 Å². The van der Waals surface area contributed by atoms with Gasteiger partial charge in [0.1, 0.15) is 87.3 Å². The number of hydrogen-bond acceptors (Lipinski definition) is 33. The van der Waals surface area contributed by atoms with Gasteiger partial charge in [-0.1, -0.05) is 67.3 Å². The number of aromatic nitrogens is 15. The number of hydrogen-bond donors (Lipinski definition) is 0. The van der Waals surface area contributed by atoms with Crippen molar-refractivity contribution in [3.05, 3.63) is 423 Å². The van der Waals surface area contributed by atoms with Gasteiger partial charge in [0, 0.05) is 110 Å². The predicted molar refractivity (Wildman–Crippen MR) is 571 cm³/mol. The molecule has 150 heavy (non-hydrogen) atoms. The first-order valence-corrected chi connectivity index (χ1v) is 50.6. The number of fused-ring (bicyclic) bond motifs is 11. The third-order valence-corrected chi connectivity index (χ3v) is 30.2. The topological polar surface area (TPSA) is 254 Å². The van der Waals surface area contributed by atoms with Crippen LogP contribution in [0.1, 0.15) is 22.3 Å². The van der Waals surface area contributed by atoms with Gasteiger partial charge in [0.25, 0.3) is 0 Å². The van der Waals surface area contributed by atoms with Crippen LogP contribution in [0.25, 0.3) is 11.1 Å². The van der Waals surface area contributed by atoms with E-state index in [1.54, 1.807) is 105 Å². The first kappa shape index (κ1) is 102. The van der Waals surface area contributed by atoms with Crippen molar-refractivity contribution in [2.75, 3.05) is 135 Å². The molecule has 0 saturated carbocycles. The fourth-order valence-corrected chi connectivity index (χ4v) is 22.2. The van der Waals surface area contributed by atoms with Crippen molar-refractivity contribution in [2.45, 2.75) is 28.3 Å². The summed E-state index contributed by atoms with van der Waals surface area (Å²) in [6.07, 6.45) is 25.7. The molecule has 0 N–H and O–H groups in total. The average molecular weight is 2720 g/mol. The Labute approximate surface area is 933 Å². The van der Waals surface area contributed by atoms with Gasteiger partial charge in [-0.15, -0.1) is 180 Å². The summed E-state index contributed by atoms with van der Waals surface area (Å²) in [4.78, 5) is 102. The van der Waals surface area contributed by atoms with E-state index in [1.807, 2.05) is 263 Å². The van der Waals surface area contributed by atoms with Crippen LogP contribution in [0.2, 0.25) is 13.1 Å². The Hall–Kier alpha value is -15.2. The van der Waals surface area contributed by atoms with Gasteiger partial charge in [-0.05, 0) is 90.8 Å². The molecule has 32 nitrogen and oxygen atoms in total. The minimum Gasteiger partial charge on any atom is -0.509 e. The third-order valence-electron chi connectivity index (χ3n) is 26.0. The van der Waals surface area contributed by atoms with Gasteiger partial charge in [-0.3, -0.25) is 0 Å². The van der Waals surface area contributed by atoms with Crippen molar-refractivity contribution in [1.29, 1.82) is 0 Å². The molecule has 0 spiro atoms. The average Bonchev–Trinajstić information content (AvgIpc) is 1.53. The molecule has 1 aliphatic carbocycles. The first-order chi connectivity index (χ1) is 71.4. The Bertz CT molecular complexity index is 7370. The molecule has 38 heteroatoms. The fourth-order valence-electron chi connectivity index (χ4n) is 19.2. The predicted octanol–water partition coefficient (Wildman–Crippen LogP) is 18.8. The summed E-state index contributed by atoms with van der Waals surface area (Å²) in [5.41, 5.74) is 14.3. The normalized spacial score (nSPS) is 14.6. The molecule has 0 fully saturated rings. The van der Waals surface area contributed by atoms with Crippen molar-refractivity contribution in [2.24, 2.45) is 0 Å². The van der Waals surface area contributed by atoms with Crippen molar-refractivity contribution >= 4 is 169 Å². The molecule has 8 aliphatic heterocycles. The number of benzene rings is 10. The second kappa shape index (κ2) is 42.8. The monoisotopic (exact) mass is 2720 g/mol. The Morgan fingerprint density at radius 3 is 0.807 bits per heavy atom. The van der Waals surface area contributed by atoms with Gasteiger partial charge in [0.05, 0.1) is 13.8 Å². The molecule has 9 aliphatic rings. The maximum absolute atomic E-state index is 6.14. The molecule has 0 saturated heterocycles. The number of pyridine rings is 1. The second-order valence-corrected chi connectivity index (χ2v) is 41.0. The molecule has 746 valence electrons. The van der Waals surface area contributed by atoms with Gasteiger partial charge < -0.3 is 83.1 Å². The minimum atomic E-state index is -2.13. The quantitative estimate of drug-likeness (QED) is 0.0643. The van der Waals surface area contributed by atoms with E-state index in [-0.39, 0.29) is 84.3 Å². The zero-order valence-corrected chi connectivity index (χ0v) is 92.8. The first-order valence-electron chi connectivity index (χ1n) is 46.8. The smallest absolute Gasteiger partial charge is 0.509 e. The maximum Gasteiger partial charge on any atom is 4.00 e. The number of nitrogens with zero attached hydrogens (tertiary/aromatic N) is 31. The standard InChI is InChI=1S/C37H26N8.C26H24N8Si.C25H19N7O.C24H18N8S.4Pt/c1-42-23-44(35-33(42)38-17-19-40-35)27-11-7-9-25(21-27)37(31-15-5-3-13-29(31)30-14-4-6-16-32(30)37)26-10-8-12-28(22-26)45-24-43(2)34-36(45)41-20-18-39-34;1-31-17-33(25-23(31)27-11-13-29-25)19-7-5-9-21(15-19)35(3,4)22-10-6-8-20(16-22)34-18-32(2)24-26(34)30-14-12-28-24;1-29-16-31(22-10-5-11-26-23(22)29)18-6-3-8-20(14-18)33-21-9-4-7-19(15-21)32-17-30(2)24-25(32)28-13-12-27-24;1-29-15-31(23-21(29)25-9-11-27-23)17-5-3-7-19(13-17)33-20-8-4-6-18(14-20)32-16-30(2)22-24(32)28-12-10-26-22;;;;/h3-20,23-24H,1-2H3;5-14,17-18H,1-4H3;3-13,16-17H,1-2H3;3-12,15-16H,1-2H3;;;;/q4*-4;4*+4. The Balaban J connectivity index is 0.000000121. The molecule has 27 rings (SSSR count). The van der Waals surface area contributed by atoms with Gasteiger partial charge in [0.2, 0.25) is 0 Å². The van der Waals surface area contributed by atoms with Crippen LogP contribution in [0, 0.1) is 102 Å². The van der Waals surface area contributed by atoms with Crippen LogP contribution < -0.4 is 93.5 Å². The molecule has 0 atom stereocenters. The third kappa shape index (κ3) is 18.8. The van der Waals surface area contributed by atoms with Crippen LogP contribution >= 0.6 is 11.8 Å². The van der Waals surface area contributed by atoms with E-state index in [1.165, 1.54) is 32.6 Å². The molecule has 18 aromatic rings. The van der Waals surface area contributed by atoms with E-state index in [9.17, 15) is 0 Å². The van der Waals surface area contributed by atoms with E-state index in [2.05, 4.69) is 268 Å². The molecule has 8 aromatic heterocycles. The zero-order chi connectivity index (χ0) is 99.0. The Kier molecular flexibility index (Phi) is 29.1. The minimum absolute atomic E-state index is 0.